The molecule has 116 valence electrons. The first-order valence-electron chi connectivity index (χ1n) is 6.45. The van der Waals surface area contributed by atoms with Crippen LogP contribution in [0.15, 0.2) is 23.1 Å². The molecule has 1 aromatic rings. The second-order valence-corrected chi connectivity index (χ2v) is 6.59. The van der Waals surface area contributed by atoms with E-state index >= 15 is 0 Å². The number of ether oxygens (including phenoxy) is 2. The molecule has 0 aromatic heterocycles. The summed E-state index contributed by atoms with van der Waals surface area (Å²) in [4.78, 5) is 11.7. The monoisotopic (exact) mass is 314 g/mol. The van der Waals surface area contributed by atoms with E-state index in [9.17, 15) is 13.2 Å². The van der Waals surface area contributed by atoms with Gasteiger partial charge in [0.1, 0.15) is 11.8 Å². The van der Waals surface area contributed by atoms with Gasteiger partial charge in [-0.25, -0.2) is 8.42 Å². The molecule has 0 spiro atoms. The molecule has 0 amide bonds. The van der Waals surface area contributed by atoms with Crippen LogP contribution < -0.4 is 10.5 Å². The van der Waals surface area contributed by atoms with Crippen molar-refractivity contribution in [1.29, 1.82) is 0 Å². The number of nitrogens with two attached hydrogens (primary N) is 1. The fourth-order valence-corrected chi connectivity index (χ4v) is 4.09. The largest absolute Gasteiger partial charge is 0.495 e. The normalized spacial score (nSPS) is 19.4. The molecule has 1 unspecified atom stereocenters. The van der Waals surface area contributed by atoms with Crippen molar-refractivity contribution in [3.63, 3.8) is 0 Å². The Balaban J connectivity index is 2.37. The molecule has 0 radical (unpaired) electrons. The molecule has 1 aliphatic rings. The third kappa shape index (κ3) is 2.81. The molecule has 2 N–H and O–H groups in total. The molecule has 7 nitrogen and oxygen atoms in total. The minimum atomic E-state index is -3.79. The van der Waals surface area contributed by atoms with Crippen LogP contribution in [0.4, 0.5) is 5.69 Å². The molecule has 0 bridgehead atoms. The molecule has 1 aromatic carbocycles. The van der Waals surface area contributed by atoms with Gasteiger partial charge < -0.3 is 15.2 Å². The number of hydrogen-bond acceptors (Lipinski definition) is 6. The van der Waals surface area contributed by atoms with Gasteiger partial charge in [-0.15, -0.1) is 0 Å². The third-order valence-electron chi connectivity index (χ3n) is 3.48. The Morgan fingerprint density at radius 2 is 2.10 bits per heavy atom. The predicted molar refractivity (Wildman–Crippen MR) is 76.3 cm³/mol. The van der Waals surface area contributed by atoms with Crippen molar-refractivity contribution in [2.45, 2.75) is 23.8 Å². The number of nitrogen functional groups attached to an aromatic ring is 1. The average molecular weight is 314 g/mol. The Morgan fingerprint density at radius 3 is 2.67 bits per heavy atom. The molecule has 8 heteroatoms. The Bertz CT molecular complexity index is 644. The van der Waals surface area contributed by atoms with Crippen LogP contribution in [-0.4, -0.2) is 45.5 Å². The fraction of sp³-hybridized carbons (Fsp3) is 0.462. The van der Waals surface area contributed by atoms with Crippen LogP contribution in [0.5, 0.6) is 5.75 Å². The van der Waals surface area contributed by atoms with E-state index in [0.29, 0.717) is 18.6 Å². The molecule has 0 aliphatic carbocycles. The number of benzene rings is 1. The zero-order valence-corrected chi connectivity index (χ0v) is 12.7. The molecule has 1 aliphatic heterocycles. The van der Waals surface area contributed by atoms with Crippen LogP contribution in [0.2, 0.25) is 0 Å². The Kier molecular flexibility index (Phi) is 4.38. The van der Waals surface area contributed by atoms with E-state index in [1.807, 2.05) is 0 Å². The summed E-state index contributed by atoms with van der Waals surface area (Å²) in [7, 11) is -1.09. The average Bonchev–Trinajstić information content (AvgIpc) is 2.96. The molecule has 2 rings (SSSR count). The summed E-state index contributed by atoms with van der Waals surface area (Å²) in [6.45, 7) is 0.286. The van der Waals surface area contributed by atoms with Gasteiger partial charge in [-0.3, -0.25) is 4.79 Å². The van der Waals surface area contributed by atoms with Gasteiger partial charge in [0.05, 0.1) is 24.8 Å². The summed E-state index contributed by atoms with van der Waals surface area (Å²) in [6.07, 6.45) is 1.07. The van der Waals surface area contributed by atoms with Crippen molar-refractivity contribution in [2.24, 2.45) is 0 Å². The van der Waals surface area contributed by atoms with Gasteiger partial charge in [0.2, 0.25) is 10.0 Å². The standard InChI is InChI=1S/C13H18N2O5S/c1-19-12-6-5-9(8-10(12)14)21(17,18)15-7-3-4-11(15)13(16)20-2/h5-6,8,11H,3-4,7,14H2,1-2H3. The van der Waals surface area contributed by atoms with E-state index in [2.05, 4.69) is 4.74 Å². The van der Waals surface area contributed by atoms with Crippen LogP contribution >= 0.6 is 0 Å². The number of methoxy groups -OCH3 is 2. The summed E-state index contributed by atoms with van der Waals surface area (Å²) in [5, 5.41) is 0. The third-order valence-corrected chi connectivity index (χ3v) is 5.39. The van der Waals surface area contributed by atoms with Crippen LogP contribution in [0, 0.1) is 0 Å². The van der Waals surface area contributed by atoms with Crippen molar-refractivity contribution in [3.05, 3.63) is 18.2 Å². The second-order valence-electron chi connectivity index (χ2n) is 4.70. The number of carbonyl (C=O) groups excluding carboxylic acids is 1. The lowest BCUT2D eigenvalue weighted by atomic mass is 10.2. The van der Waals surface area contributed by atoms with Crippen molar-refractivity contribution >= 4 is 21.7 Å². The number of nitrogens with zero attached hydrogens (tertiary/aromatic N) is 1. The Labute approximate surface area is 123 Å². The minimum Gasteiger partial charge on any atom is -0.495 e. The number of rotatable bonds is 4. The van der Waals surface area contributed by atoms with Crippen molar-refractivity contribution in [1.82, 2.24) is 4.31 Å². The first-order chi connectivity index (χ1) is 9.91. The lowest BCUT2D eigenvalue weighted by molar-refractivity contribution is -0.144. The lowest BCUT2D eigenvalue weighted by Gasteiger charge is -2.22. The predicted octanol–water partition coefficient (Wildman–Crippen LogP) is 0.603. The number of sulfonamides is 1. The van der Waals surface area contributed by atoms with Gasteiger partial charge in [-0.2, -0.15) is 4.31 Å². The fourth-order valence-electron chi connectivity index (χ4n) is 2.41. The maximum atomic E-state index is 12.6. The van der Waals surface area contributed by atoms with Crippen molar-refractivity contribution in [2.75, 3.05) is 26.5 Å². The summed E-state index contributed by atoms with van der Waals surface area (Å²) >= 11 is 0. The van der Waals surface area contributed by atoms with Crippen LogP contribution in [0.25, 0.3) is 0 Å². The van der Waals surface area contributed by atoms with Gasteiger partial charge in [-0.05, 0) is 31.0 Å². The maximum absolute atomic E-state index is 12.6. The molecule has 1 saturated heterocycles. The molecule has 0 saturated carbocycles. The molecule has 1 atom stereocenters. The van der Waals surface area contributed by atoms with E-state index in [0.717, 1.165) is 0 Å². The smallest absolute Gasteiger partial charge is 0.324 e. The van der Waals surface area contributed by atoms with E-state index < -0.39 is 22.0 Å². The first kappa shape index (κ1) is 15.6. The molecule has 1 fully saturated rings. The Morgan fingerprint density at radius 1 is 1.38 bits per heavy atom. The molecule has 1 heterocycles. The number of anilines is 1. The van der Waals surface area contributed by atoms with Crippen LogP contribution in [-0.2, 0) is 19.6 Å². The van der Waals surface area contributed by atoms with E-state index in [1.54, 1.807) is 0 Å². The SMILES string of the molecule is COC(=O)C1CCCN1S(=O)(=O)c1ccc(OC)c(N)c1. The van der Waals surface area contributed by atoms with Crippen molar-refractivity contribution in [3.8, 4) is 5.75 Å². The van der Waals surface area contributed by atoms with Gasteiger partial charge in [0.15, 0.2) is 0 Å². The number of carbonyl (C=O) groups is 1. The molecular formula is C13H18N2O5S. The summed E-state index contributed by atoms with van der Waals surface area (Å²) < 4.78 is 36.1. The number of hydrogen-bond donors (Lipinski definition) is 1. The van der Waals surface area contributed by atoms with Crippen LogP contribution in [0.3, 0.4) is 0 Å². The quantitative estimate of drug-likeness (QED) is 0.645. The van der Waals surface area contributed by atoms with E-state index in [-0.39, 0.29) is 17.1 Å². The minimum absolute atomic E-state index is 0.0385. The van der Waals surface area contributed by atoms with E-state index in [4.69, 9.17) is 10.5 Å². The number of esters is 1. The van der Waals surface area contributed by atoms with E-state index in [1.165, 1.54) is 36.7 Å². The van der Waals surface area contributed by atoms with Gasteiger partial charge >= 0.3 is 5.97 Å². The Hall–Kier alpha value is -1.80. The second kappa shape index (κ2) is 5.90. The van der Waals surface area contributed by atoms with Gasteiger partial charge in [0.25, 0.3) is 0 Å². The zero-order valence-electron chi connectivity index (χ0n) is 11.9. The highest BCUT2D eigenvalue weighted by Crippen LogP contribution is 2.30. The summed E-state index contributed by atoms with van der Waals surface area (Å²) in [6, 6.07) is 3.46. The van der Waals surface area contributed by atoms with Gasteiger partial charge in [0, 0.05) is 6.54 Å². The zero-order chi connectivity index (χ0) is 15.6. The maximum Gasteiger partial charge on any atom is 0.324 e. The van der Waals surface area contributed by atoms with Crippen molar-refractivity contribution < 1.29 is 22.7 Å². The summed E-state index contributed by atoms with van der Waals surface area (Å²) in [5.74, 6) is -0.141. The summed E-state index contributed by atoms with van der Waals surface area (Å²) in [5.41, 5.74) is 5.98. The van der Waals surface area contributed by atoms with Crippen LogP contribution in [0.1, 0.15) is 12.8 Å². The molecule has 21 heavy (non-hydrogen) atoms. The highest BCUT2D eigenvalue weighted by Gasteiger charge is 2.40. The first-order valence-corrected chi connectivity index (χ1v) is 7.89. The topological polar surface area (TPSA) is 98.9 Å². The van der Waals surface area contributed by atoms with Gasteiger partial charge in [-0.1, -0.05) is 0 Å². The molecular weight excluding hydrogens is 296 g/mol. The lowest BCUT2D eigenvalue weighted by Crippen LogP contribution is -2.41. The highest BCUT2D eigenvalue weighted by atomic mass is 32.2. The highest BCUT2D eigenvalue weighted by molar-refractivity contribution is 7.89.